The quantitative estimate of drug-likeness (QED) is 0.0488. The number of ether oxygens (including phenoxy) is 12. The van der Waals surface area contributed by atoms with E-state index in [4.69, 9.17) is 56.8 Å². The number of methoxy groups -OCH3 is 1. The van der Waals surface area contributed by atoms with E-state index in [-0.39, 0.29) is 29.1 Å². The number of carbonyl (C=O) groups is 1. The standard InChI is InChI=1S/C59H96O27/c1-24(2)17-25(63)18-58(7)34-12-15-57(6)27-9-10-33-55(3,4)35(13-14-56(33,5)26(27)11-16-59(34,57)54(74)86-58)82-53-48(39(68)32(23-77-53)81-50-41(70)40(69)36(65)29(19-60)78-50)85-52-44(73)47(38(67)31(21-62)80-52)84-49-42(71)45(28(64)22-76-49)83-51-43(72)46(75-8)37(66)30(20-61)79-51/h24-25,28-53,60-73H,9-23H2,1-8H3. The van der Waals surface area contributed by atoms with E-state index >= 15 is 0 Å². The summed E-state index contributed by atoms with van der Waals surface area (Å²) < 4.78 is 72.1. The number of aliphatic hydroxyl groups is 14. The second-order valence-corrected chi connectivity index (χ2v) is 27.8. The Morgan fingerprint density at radius 2 is 1.12 bits per heavy atom. The maximum Gasteiger partial charge on any atom is 0.313 e. The minimum absolute atomic E-state index is 0.0361. The summed E-state index contributed by atoms with van der Waals surface area (Å²) in [6, 6.07) is 0. The normalized spacial score (nSPS) is 51.6. The molecular formula is C59H96O27. The Hall–Kier alpha value is -1.79. The van der Waals surface area contributed by atoms with Crippen LogP contribution in [0.4, 0.5) is 0 Å². The highest BCUT2D eigenvalue weighted by Gasteiger charge is 2.75. The summed E-state index contributed by atoms with van der Waals surface area (Å²) in [5, 5.41) is 154. The molecule has 8 fully saturated rings. The number of hydrogen-bond donors (Lipinski definition) is 14. The third-order valence-corrected chi connectivity index (χ3v) is 22.0. The van der Waals surface area contributed by atoms with Crippen molar-refractivity contribution in [3.63, 3.8) is 0 Å². The third kappa shape index (κ3) is 11.4. The maximum absolute atomic E-state index is 14.5. The predicted octanol–water partition coefficient (Wildman–Crippen LogP) is -2.76. The number of esters is 1. The first-order valence-corrected chi connectivity index (χ1v) is 30.8. The van der Waals surface area contributed by atoms with Gasteiger partial charge in [0.15, 0.2) is 31.5 Å². The molecule has 494 valence electrons. The molecule has 14 N–H and O–H groups in total. The number of allylic oxidation sites excluding steroid dienone is 2. The summed E-state index contributed by atoms with van der Waals surface area (Å²) in [4.78, 5) is 14.5. The Labute approximate surface area is 500 Å². The van der Waals surface area contributed by atoms with Gasteiger partial charge in [-0.1, -0.05) is 52.7 Å². The van der Waals surface area contributed by atoms with Crippen molar-refractivity contribution in [3.8, 4) is 0 Å². The van der Waals surface area contributed by atoms with Gasteiger partial charge in [0.25, 0.3) is 0 Å². The Balaban J connectivity index is 0.888. The highest BCUT2D eigenvalue weighted by molar-refractivity contribution is 5.83. The molecule has 0 amide bonds. The van der Waals surface area contributed by atoms with Gasteiger partial charge in [0.2, 0.25) is 0 Å². The Kier molecular flexibility index (Phi) is 20.0. The first-order valence-electron chi connectivity index (χ1n) is 30.8. The predicted molar refractivity (Wildman–Crippen MR) is 290 cm³/mol. The number of carbonyl (C=O) groups excluding carboxylic acids is 1. The van der Waals surface area contributed by atoms with Crippen LogP contribution in [0.15, 0.2) is 11.1 Å². The van der Waals surface area contributed by atoms with Crippen molar-refractivity contribution < 1.29 is 133 Å². The molecule has 10 aliphatic rings. The number of rotatable bonds is 18. The topological polar surface area (TPSA) is 411 Å². The van der Waals surface area contributed by atoms with Gasteiger partial charge in [-0.3, -0.25) is 4.79 Å². The van der Waals surface area contributed by atoms with E-state index in [0.717, 1.165) is 25.7 Å². The van der Waals surface area contributed by atoms with Crippen LogP contribution in [0.1, 0.15) is 113 Å². The van der Waals surface area contributed by atoms with E-state index in [0.29, 0.717) is 38.5 Å². The number of aliphatic hydroxyl groups excluding tert-OH is 14. The molecule has 31 unspecified atom stereocenters. The van der Waals surface area contributed by atoms with Crippen molar-refractivity contribution in [2.24, 2.45) is 39.4 Å². The summed E-state index contributed by atoms with van der Waals surface area (Å²) in [5.74, 6) is 0.125. The number of cyclic esters (lactones) is 1. The van der Waals surface area contributed by atoms with Crippen LogP contribution in [-0.2, 0) is 61.6 Å². The SMILES string of the molecule is COC1C(O)C(CO)OC(OC2C(O)COC(OC3C(O)C(CO)OC(OC4C(OC5CCC6(C)C7=C(CCC6C5(C)C)C5(C)CCC6C(C)(CC(O)CC(C)C)OC(=O)C65CC7)OCC(OC5OC(CO)C(O)C(O)C5O)C4O)C3O)C2O)C1O. The zero-order chi connectivity index (χ0) is 62.5. The van der Waals surface area contributed by atoms with Crippen molar-refractivity contribution in [2.75, 3.05) is 40.1 Å². The smallest absolute Gasteiger partial charge is 0.313 e. The van der Waals surface area contributed by atoms with Gasteiger partial charge >= 0.3 is 5.97 Å². The first-order chi connectivity index (χ1) is 40.5. The van der Waals surface area contributed by atoms with Crippen LogP contribution in [0.3, 0.4) is 0 Å². The minimum Gasteiger partial charge on any atom is -0.458 e. The van der Waals surface area contributed by atoms with E-state index in [1.807, 2.05) is 6.92 Å². The minimum atomic E-state index is -2.05. The fourth-order valence-corrected chi connectivity index (χ4v) is 17.5. The van der Waals surface area contributed by atoms with Gasteiger partial charge in [-0.05, 0) is 87.4 Å². The lowest BCUT2D eigenvalue weighted by atomic mass is 9.43. The molecule has 86 heavy (non-hydrogen) atoms. The van der Waals surface area contributed by atoms with Gasteiger partial charge in [0, 0.05) is 24.9 Å². The molecule has 6 saturated heterocycles. The summed E-state index contributed by atoms with van der Waals surface area (Å²) >= 11 is 0. The second kappa shape index (κ2) is 25.6. The fraction of sp³-hybridized carbons (Fsp3) is 0.949. The fourth-order valence-electron chi connectivity index (χ4n) is 17.5. The van der Waals surface area contributed by atoms with Crippen molar-refractivity contribution >= 4 is 5.97 Å². The second-order valence-electron chi connectivity index (χ2n) is 27.8. The average molecular weight is 1240 g/mol. The highest BCUT2D eigenvalue weighted by Crippen LogP contribution is 2.75. The lowest BCUT2D eigenvalue weighted by Crippen LogP contribution is -2.67. The molecule has 6 heterocycles. The molecule has 2 saturated carbocycles. The Morgan fingerprint density at radius 3 is 1.74 bits per heavy atom. The molecule has 0 radical (unpaired) electrons. The van der Waals surface area contributed by atoms with E-state index in [1.165, 1.54) is 18.3 Å². The highest BCUT2D eigenvalue weighted by atomic mass is 16.8. The molecule has 1 spiro atoms. The summed E-state index contributed by atoms with van der Waals surface area (Å²) in [5.41, 5.74) is -0.139. The van der Waals surface area contributed by atoms with Crippen LogP contribution in [0, 0.1) is 39.4 Å². The molecule has 27 nitrogen and oxygen atoms in total. The molecule has 0 bridgehead atoms. The van der Waals surface area contributed by atoms with Gasteiger partial charge < -0.3 is 128 Å². The van der Waals surface area contributed by atoms with E-state index in [9.17, 15) is 76.3 Å². The average Bonchev–Trinajstić information content (AvgIpc) is 1.45. The Bertz CT molecular complexity index is 2370. The van der Waals surface area contributed by atoms with E-state index < -0.39 is 208 Å². The molecule has 6 aliphatic heterocycles. The van der Waals surface area contributed by atoms with E-state index in [1.54, 1.807) is 0 Å². The van der Waals surface area contributed by atoms with Crippen LogP contribution in [0.2, 0.25) is 0 Å². The molecule has 0 aromatic carbocycles. The van der Waals surface area contributed by atoms with Crippen LogP contribution in [0.5, 0.6) is 0 Å². The van der Waals surface area contributed by atoms with Crippen molar-refractivity contribution in [3.05, 3.63) is 11.1 Å². The molecule has 10 rings (SSSR count). The number of fused-ring (bicyclic) bond motifs is 3. The molecule has 0 aromatic rings. The third-order valence-electron chi connectivity index (χ3n) is 22.0. The van der Waals surface area contributed by atoms with Gasteiger partial charge in [-0.15, -0.1) is 0 Å². The van der Waals surface area contributed by atoms with Crippen molar-refractivity contribution in [1.29, 1.82) is 0 Å². The molecule has 0 aromatic heterocycles. The van der Waals surface area contributed by atoms with Crippen LogP contribution in [-0.4, -0.2) is 277 Å². The zero-order valence-electron chi connectivity index (χ0n) is 50.3. The molecule has 27 heteroatoms. The Morgan fingerprint density at radius 1 is 0.547 bits per heavy atom. The lowest BCUT2D eigenvalue weighted by Gasteiger charge is -2.62. The summed E-state index contributed by atoms with van der Waals surface area (Å²) in [6.07, 6.45) is -33.3. The largest absolute Gasteiger partial charge is 0.458 e. The maximum atomic E-state index is 14.5. The van der Waals surface area contributed by atoms with Crippen LogP contribution in [0.25, 0.3) is 0 Å². The van der Waals surface area contributed by atoms with E-state index in [2.05, 4.69) is 41.5 Å². The van der Waals surface area contributed by atoms with Gasteiger partial charge in [0.05, 0.1) is 50.7 Å². The lowest BCUT2D eigenvalue weighted by molar-refractivity contribution is -0.393. The first kappa shape index (κ1) is 67.1. The van der Waals surface area contributed by atoms with Gasteiger partial charge in [-0.2, -0.15) is 0 Å². The van der Waals surface area contributed by atoms with Crippen molar-refractivity contribution in [1.82, 2.24) is 0 Å². The summed E-state index contributed by atoms with van der Waals surface area (Å²) in [7, 11) is 1.20. The van der Waals surface area contributed by atoms with Crippen LogP contribution >= 0.6 is 0 Å². The van der Waals surface area contributed by atoms with Crippen molar-refractivity contribution in [2.45, 2.75) is 272 Å². The summed E-state index contributed by atoms with van der Waals surface area (Å²) in [6.45, 7) is 11.6. The number of hydrogen-bond acceptors (Lipinski definition) is 27. The zero-order valence-corrected chi connectivity index (χ0v) is 50.3. The molecular weight excluding hydrogens is 1140 g/mol. The molecule has 31 atom stereocenters. The van der Waals surface area contributed by atoms with Gasteiger partial charge in [-0.25, -0.2) is 0 Å². The molecule has 4 aliphatic carbocycles. The van der Waals surface area contributed by atoms with Gasteiger partial charge in [0.1, 0.15) is 115 Å². The van der Waals surface area contributed by atoms with Crippen LogP contribution < -0.4 is 0 Å². The monoisotopic (exact) mass is 1240 g/mol.